The zero-order chi connectivity index (χ0) is 14.9. The molecule has 1 aliphatic rings. The normalized spacial score (nSPS) is 13.9. The minimum atomic E-state index is 0.221. The highest BCUT2D eigenvalue weighted by Crippen LogP contribution is 2.29. The predicted octanol–water partition coefficient (Wildman–Crippen LogP) is 2.87. The van der Waals surface area contributed by atoms with Gasteiger partial charge in [0.1, 0.15) is 5.56 Å². The van der Waals surface area contributed by atoms with Gasteiger partial charge in [-0.05, 0) is 25.0 Å². The maximum absolute atomic E-state index is 12.5. The average molecular weight is 290 g/mol. The highest BCUT2D eigenvalue weighted by molar-refractivity contribution is 6.02. The molecule has 1 N–H and O–H groups in total. The summed E-state index contributed by atoms with van der Waals surface area (Å²) >= 11 is 0. The number of rotatable bonds is 2. The van der Waals surface area contributed by atoms with E-state index in [1.165, 1.54) is 0 Å². The van der Waals surface area contributed by atoms with Crippen LogP contribution < -0.4 is 4.68 Å². The van der Waals surface area contributed by atoms with Crippen LogP contribution in [-0.2, 0) is 6.42 Å². The third kappa shape index (κ3) is 2.04. The molecule has 0 spiro atoms. The van der Waals surface area contributed by atoms with E-state index in [0.29, 0.717) is 6.42 Å². The summed E-state index contributed by atoms with van der Waals surface area (Å²) in [6, 6.07) is 14.0. The minimum Gasteiger partial charge on any atom is -0.294 e. The summed E-state index contributed by atoms with van der Waals surface area (Å²) in [6.07, 6.45) is 5.97. The summed E-state index contributed by atoms with van der Waals surface area (Å²) in [7, 11) is 0. The Morgan fingerprint density at radius 1 is 1.00 bits per heavy atom. The first-order chi connectivity index (χ1) is 10.8. The highest BCUT2D eigenvalue weighted by Gasteiger charge is 2.34. The van der Waals surface area contributed by atoms with Crippen LogP contribution >= 0.6 is 0 Å². The van der Waals surface area contributed by atoms with E-state index in [1.54, 1.807) is 12.4 Å². The third-order valence-corrected chi connectivity index (χ3v) is 4.09. The number of nitrogens with one attached hydrogen (secondary N) is 1. The van der Waals surface area contributed by atoms with Crippen molar-refractivity contribution in [3.63, 3.8) is 0 Å². The lowest BCUT2D eigenvalue weighted by atomic mass is 9.92. The maximum Gasteiger partial charge on any atom is 0.256 e. The van der Waals surface area contributed by atoms with Gasteiger partial charge >= 0.3 is 0 Å². The van der Waals surface area contributed by atoms with Crippen LogP contribution in [0.15, 0.2) is 54.9 Å². The molecule has 0 bridgehead atoms. The Morgan fingerprint density at radius 3 is 2.55 bits per heavy atom. The van der Waals surface area contributed by atoms with Crippen LogP contribution in [0.1, 0.15) is 28.9 Å². The number of hydrogen-bond donors (Lipinski definition) is 1. The number of para-hydroxylation sites is 1. The first-order valence-electron chi connectivity index (χ1n) is 7.50. The van der Waals surface area contributed by atoms with Crippen LogP contribution in [0.4, 0.5) is 0 Å². The van der Waals surface area contributed by atoms with Gasteiger partial charge in [-0.2, -0.15) is 5.10 Å². The van der Waals surface area contributed by atoms with E-state index in [0.717, 1.165) is 41.0 Å². The Bertz CT molecular complexity index is 822. The Hall–Kier alpha value is -2.75. The van der Waals surface area contributed by atoms with Crippen molar-refractivity contribution in [2.45, 2.75) is 19.3 Å². The Balaban J connectivity index is 2.01. The molecule has 0 unspecified atom stereocenters. The van der Waals surface area contributed by atoms with Crippen molar-refractivity contribution in [2.24, 2.45) is 0 Å². The van der Waals surface area contributed by atoms with Gasteiger partial charge in [0.05, 0.1) is 11.3 Å². The lowest BCUT2D eigenvalue weighted by Gasteiger charge is -2.07. The largest absolute Gasteiger partial charge is 0.294 e. The summed E-state index contributed by atoms with van der Waals surface area (Å²) in [5, 5.41) is 3.42. The Morgan fingerprint density at radius 2 is 1.77 bits per heavy atom. The van der Waals surface area contributed by atoms with Crippen molar-refractivity contribution in [1.82, 2.24) is 10.1 Å². The molecule has 1 aliphatic carbocycles. The first-order valence-corrected chi connectivity index (χ1v) is 7.50. The van der Waals surface area contributed by atoms with E-state index in [4.69, 9.17) is 0 Å². The Labute approximate surface area is 128 Å². The molecule has 0 fully saturated rings. The minimum absolute atomic E-state index is 0.221. The Kier molecular flexibility index (Phi) is 3.07. The molecule has 4 nitrogen and oxygen atoms in total. The number of carbonyl (C=O) groups excluding carboxylic acids is 1. The molecule has 2 aromatic heterocycles. The number of benzene rings is 1. The van der Waals surface area contributed by atoms with Gasteiger partial charge < -0.3 is 0 Å². The molecule has 0 saturated heterocycles. The van der Waals surface area contributed by atoms with Gasteiger partial charge in [0.2, 0.25) is 5.69 Å². The van der Waals surface area contributed by atoms with Crippen LogP contribution in [0, 0.1) is 0 Å². The summed E-state index contributed by atoms with van der Waals surface area (Å²) in [5.41, 5.74) is 4.84. The van der Waals surface area contributed by atoms with Gasteiger partial charge in [-0.15, -0.1) is 0 Å². The molecular weight excluding hydrogens is 274 g/mol. The maximum atomic E-state index is 12.5. The number of Topliss-reactive ketones (excluding diaryl/α,β-unsaturated/α-hetero) is 1. The number of fused-ring (bicyclic) bond motifs is 1. The monoisotopic (exact) mass is 290 g/mol. The molecule has 3 aromatic rings. The molecule has 22 heavy (non-hydrogen) atoms. The van der Waals surface area contributed by atoms with Crippen LogP contribution in [-0.4, -0.2) is 15.9 Å². The van der Waals surface area contributed by atoms with Gasteiger partial charge in [-0.25, -0.2) is 0 Å². The number of nitrogens with zero attached hydrogens (tertiary/aromatic N) is 2. The fraction of sp³-hybridized carbons (Fsp3) is 0.167. The van der Waals surface area contributed by atoms with E-state index in [1.807, 2.05) is 47.1 Å². The zero-order valence-electron chi connectivity index (χ0n) is 12.1. The average Bonchev–Trinajstić information content (AvgIpc) is 2.97. The topological polar surface area (TPSA) is 49.6 Å². The van der Waals surface area contributed by atoms with Gasteiger partial charge in [-0.1, -0.05) is 22.9 Å². The number of hydrogen-bond acceptors (Lipinski definition) is 2. The lowest BCUT2D eigenvalue weighted by molar-refractivity contribution is -0.645. The number of aromatic nitrogens is 3. The second-order valence-corrected chi connectivity index (χ2v) is 5.50. The number of aromatic amines is 1. The number of carbonyl (C=O) groups is 1. The fourth-order valence-corrected chi connectivity index (χ4v) is 3.09. The second kappa shape index (κ2) is 5.22. The molecular formula is C18H16N3O+. The molecule has 0 saturated carbocycles. The van der Waals surface area contributed by atoms with E-state index in [9.17, 15) is 4.79 Å². The fourth-order valence-electron chi connectivity index (χ4n) is 3.09. The predicted molar refractivity (Wildman–Crippen MR) is 82.8 cm³/mol. The third-order valence-electron chi connectivity index (χ3n) is 4.09. The number of pyridine rings is 1. The molecule has 108 valence electrons. The van der Waals surface area contributed by atoms with E-state index in [-0.39, 0.29) is 5.78 Å². The van der Waals surface area contributed by atoms with Crippen molar-refractivity contribution in [3.05, 3.63) is 66.1 Å². The number of ketones is 1. The van der Waals surface area contributed by atoms with Gasteiger partial charge in [0, 0.05) is 30.9 Å². The molecule has 2 heterocycles. The number of H-pyrrole nitrogens is 1. The van der Waals surface area contributed by atoms with E-state index >= 15 is 0 Å². The van der Waals surface area contributed by atoms with Gasteiger partial charge in [0.25, 0.3) is 5.69 Å². The van der Waals surface area contributed by atoms with Crippen LogP contribution in [0.25, 0.3) is 16.9 Å². The highest BCUT2D eigenvalue weighted by atomic mass is 16.1. The van der Waals surface area contributed by atoms with Crippen molar-refractivity contribution in [3.8, 4) is 16.9 Å². The molecule has 0 aliphatic heterocycles. The summed E-state index contributed by atoms with van der Waals surface area (Å²) in [6.45, 7) is 0. The SMILES string of the molecule is O=C1CCCc2[nH][n+](-c3ccccc3)c(-c3ccncc3)c21. The molecule has 1 aromatic carbocycles. The summed E-state index contributed by atoms with van der Waals surface area (Å²) in [5.74, 6) is 0.221. The summed E-state index contributed by atoms with van der Waals surface area (Å²) in [4.78, 5) is 16.6. The quantitative estimate of drug-likeness (QED) is 0.738. The standard InChI is InChI=1S/C18H15N3O/c22-16-8-4-7-15-17(16)18(13-9-11-19-12-10-13)21(20-15)14-5-2-1-3-6-14/h1-3,5-6,9-12H,4,7-8H2/p+1. The molecule has 0 atom stereocenters. The lowest BCUT2D eigenvalue weighted by Crippen LogP contribution is -2.35. The van der Waals surface area contributed by atoms with Crippen molar-refractivity contribution in [2.75, 3.05) is 0 Å². The summed E-state index contributed by atoms with van der Waals surface area (Å²) < 4.78 is 2.02. The van der Waals surface area contributed by atoms with Crippen molar-refractivity contribution < 1.29 is 9.48 Å². The van der Waals surface area contributed by atoms with Gasteiger partial charge in [-0.3, -0.25) is 9.78 Å². The molecule has 4 heteroatoms. The van der Waals surface area contributed by atoms with Gasteiger partial charge in [0.15, 0.2) is 5.78 Å². The first kappa shape index (κ1) is 13.0. The number of aryl methyl sites for hydroxylation is 1. The van der Waals surface area contributed by atoms with Crippen molar-refractivity contribution in [1.29, 1.82) is 0 Å². The smallest absolute Gasteiger partial charge is 0.256 e. The second-order valence-electron chi connectivity index (χ2n) is 5.50. The van der Waals surface area contributed by atoms with Crippen LogP contribution in [0.2, 0.25) is 0 Å². The van der Waals surface area contributed by atoms with E-state index < -0.39 is 0 Å². The molecule has 0 amide bonds. The van der Waals surface area contributed by atoms with Crippen molar-refractivity contribution >= 4 is 5.78 Å². The van der Waals surface area contributed by atoms with Crippen LogP contribution in [0.3, 0.4) is 0 Å². The van der Waals surface area contributed by atoms with E-state index in [2.05, 4.69) is 10.1 Å². The zero-order valence-corrected chi connectivity index (χ0v) is 12.1. The van der Waals surface area contributed by atoms with Crippen LogP contribution in [0.5, 0.6) is 0 Å². The molecule has 4 rings (SSSR count). The molecule has 0 radical (unpaired) electrons.